The molecule has 0 fully saturated rings. The van der Waals surface area contributed by atoms with Crippen LogP contribution in [0, 0.1) is 6.92 Å². The largest absolute Gasteiger partial charge is 0.287 e. The molecule has 5 nitrogen and oxygen atoms in total. The fraction of sp³-hybridized carbons (Fsp3) is 0.125. The van der Waals surface area contributed by atoms with E-state index in [2.05, 4.69) is 15.2 Å². The molecule has 0 radical (unpaired) electrons. The quantitative estimate of drug-likeness (QED) is 0.478. The summed E-state index contributed by atoms with van der Waals surface area (Å²) in [6.07, 6.45) is 3.24. The first-order valence-corrected chi connectivity index (χ1v) is 3.70. The van der Waals surface area contributed by atoms with Crippen LogP contribution in [0.5, 0.6) is 0 Å². The number of hydrogen-bond acceptors (Lipinski definition) is 4. The van der Waals surface area contributed by atoms with Crippen molar-refractivity contribution in [1.29, 1.82) is 0 Å². The molecule has 2 aromatic rings. The van der Waals surface area contributed by atoms with Crippen LogP contribution in [0.25, 0.3) is 5.65 Å². The predicted octanol–water partition coefficient (Wildman–Crippen LogP) is 1.01. The van der Waals surface area contributed by atoms with Gasteiger partial charge < -0.3 is 0 Å². The van der Waals surface area contributed by atoms with E-state index in [9.17, 15) is 4.79 Å². The van der Waals surface area contributed by atoms with Gasteiger partial charge in [0.05, 0.1) is 5.69 Å². The molecule has 13 heavy (non-hydrogen) atoms. The van der Waals surface area contributed by atoms with E-state index in [-0.39, 0.29) is 0 Å². The Hall–Kier alpha value is -2.00. The third kappa shape index (κ3) is 1.21. The van der Waals surface area contributed by atoms with Gasteiger partial charge >= 0.3 is 0 Å². The van der Waals surface area contributed by atoms with Crippen molar-refractivity contribution < 1.29 is 4.79 Å². The first-order chi connectivity index (χ1) is 6.31. The van der Waals surface area contributed by atoms with Gasteiger partial charge in [0.2, 0.25) is 6.08 Å². The Kier molecular flexibility index (Phi) is 1.65. The lowest BCUT2D eigenvalue weighted by molar-refractivity contribution is 0.565. The van der Waals surface area contributed by atoms with E-state index in [4.69, 9.17) is 0 Å². The minimum atomic E-state index is 0.537. The van der Waals surface area contributed by atoms with Crippen LogP contribution in [0.4, 0.5) is 5.69 Å². The van der Waals surface area contributed by atoms with Crippen LogP contribution < -0.4 is 0 Å². The highest BCUT2D eigenvalue weighted by atomic mass is 16.1. The van der Waals surface area contributed by atoms with Gasteiger partial charge in [-0.25, -0.2) is 4.79 Å². The maximum Gasteiger partial charge on any atom is 0.240 e. The summed E-state index contributed by atoms with van der Waals surface area (Å²) in [6, 6.07) is 3.37. The second-order valence-electron chi connectivity index (χ2n) is 2.56. The Morgan fingerprint density at radius 3 is 3.15 bits per heavy atom. The van der Waals surface area contributed by atoms with Crippen LogP contribution in [0.2, 0.25) is 0 Å². The Morgan fingerprint density at radius 2 is 2.38 bits per heavy atom. The van der Waals surface area contributed by atoms with Crippen molar-refractivity contribution in [3.63, 3.8) is 0 Å². The van der Waals surface area contributed by atoms with E-state index in [0.717, 1.165) is 5.82 Å². The number of nitrogens with zero attached hydrogens (tertiary/aromatic N) is 4. The van der Waals surface area contributed by atoms with Crippen molar-refractivity contribution in [1.82, 2.24) is 14.6 Å². The first kappa shape index (κ1) is 7.64. The lowest BCUT2D eigenvalue weighted by Gasteiger charge is -1.93. The number of pyridine rings is 1. The van der Waals surface area contributed by atoms with Crippen molar-refractivity contribution in [2.45, 2.75) is 6.92 Å². The molecule has 64 valence electrons. The number of hydrogen-bond donors (Lipinski definition) is 0. The fourth-order valence-corrected chi connectivity index (χ4v) is 1.12. The molecule has 0 saturated heterocycles. The molecule has 0 bridgehead atoms. The van der Waals surface area contributed by atoms with Gasteiger partial charge in [-0.05, 0) is 13.0 Å². The van der Waals surface area contributed by atoms with Crippen molar-refractivity contribution >= 4 is 17.4 Å². The number of isocyanates is 1. The van der Waals surface area contributed by atoms with Crippen molar-refractivity contribution in [2.24, 2.45) is 4.99 Å². The van der Waals surface area contributed by atoms with Gasteiger partial charge in [-0.3, -0.25) is 4.40 Å². The van der Waals surface area contributed by atoms with Gasteiger partial charge in [-0.1, -0.05) is 0 Å². The van der Waals surface area contributed by atoms with Gasteiger partial charge in [-0.15, -0.1) is 10.2 Å². The second kappa shape index (κ2) is 2.80. The number of rotatable bonds is 1. The summed E-state index contributed by atoms with van der Waals surface area (Å²) in [5.74, 6) is 0.802. The summed E-state index contributed by atoms with van der Waals surface area (Å²) in [7, 11) is 0. The number of aromatic nitrogens is 3. The van der Waals surface area contributed by atoms with Crippen LogP contribution in [0.3, 0.4) is 0 Å². The standard InChI is InChI=1S/C8H6N4O/c1-6-10-11-8-4-7(9-5-13)2-3-12(6)8/h2-4H,1H3. The van der Waals surface area contributed by atoms with Crippen LogP contribution in [0.15, 0.2) is 23.3 Å². The zero-order valence-electron chi connectivity index (χ0n) is 6.93. The lowest BCUT2D eigenvalue weighted by atomic mass is 10.4. The molecule has 0 N–H and O–H groups in total. The van der Waals surface area contributed by atoms with Gasteiger partial charge in [0.25, 0.3) is 0 Å². The van der Waals surface area contributed by atoms with Gasteiger partial charge in [0.15, 0.2) is 5.65 Å². The average molecular weight is 174 g/mol. The fourth-order valence-electron chi connectivity index (χ4n) is 1.12. The smallest absolute Gasteiger partial charge is 0.240 e. The molecular formula is C8H6N4O. The molecule has 2 rings (SSSR count). The summed E-state index contributed by atoms with van der Waals surface area (Å²) in [5.41, 5.74) is 1.21. The van der Waals surface area contributed by atoms with E-state index in [1.165, 1.54) is 6.08 Å². The predicted molar refractivity (Wildman–Crippen MR) is 45.5 cm³/mol. The van der Waals surface area contributed by atoms with E-state index in [1.807, 2.05) is 11.3 Å². The summed E-state index contributed by atoms with van der Waals surface area (Å²) < 4.78 is 1.81. The van der Waals surface area contributed by atoms with Crippen LogP contribution >= 0.6 is 0 Å². The maximum absolute atomic E-state index is 9.98. The highest BCUT2D eigenvalue weighted by Crippen LogP contribution is 2.13. The lowest BCUT2D eigenvalue weighted by Crippen LogP contribution is -1.85. The molecule has 0 unspecified atom stereocenters. The average Bonchev–Trinajstić information content (AvgIpc) is 2.48. The summed E-state index contributed by atoms with van der Waals surface area (Å²) in [4.78, 5) is 13.5. The number of fused-ring (bicyclic) bond motifs is 1. The Balaban J connectivity index is 2.69. The zero-order valence-corrected chi connectivity index (χ0v) is 6.93. The molecule has 0 atom stereocenters. The normalized spacial score (nSPS) is 9.92. The molecule has 0 aliphatic rings. The summed E-state index contributed by atoms with van der Waals surface area (Å²) >= 11 is 0. The molecular weight excluding hydrogens is 168 g/mol. The van der Waals surface area contributed by atoms with Crippen molar-refractivity contribution in [3.05, 3.63) is 24.2 Å². The summed E-state index contributed by atoms with van der Waals surface area (Å²) in [5, 5.41) is 7.75. The molecule has 0 aliphatic heterocycles. The van der Waals surface area contributed by atoms with Gasteiger partial charge in [-0.2, -0.15) is 4.99 Å². The van der Waals surface area contributed by atoms with E-state index in [0.29, 0.717) is 11.3 Å². The molecule has 0 aromatic carbocycles. The number of carbonyl (C=O) groups excluding carboxylic acids is 1. The zero-order chi connectivity index (χ0) is 9.26. The highest BCUT2D eigenvalue weighted by Gasteiger charge is 2.00. The maximum atomic E-state index is 9.98. The third-order valence-electron chi connectivity index (χ3n) is 1.74. The summed E-state index contributed by atoms with van der Waals surface area (Å²) in [6.45, 7) is 1.85. The molecule has 0 saturated carbocycles. The first-order valence-electron chi connectivity index (χ1n) is 3.70. The molecule has 2 aromatic heterocycles. The van der Waals surface area contributed by atoms with Crippen LogP contribution in [-0.2, 0) is 4.79 Å². The van der Waals surface area contributed by atoms with E-state index in [1.54, 1.807) is 18.3 Å². The molecule has 0 amide bonds. The van der Waals surface area contributed by atoms with E-state index < -0.39 is 0 Å². The van der Waals surface area contributed by atoms with Crippen molar-refractivity contribution in [2.75, 3.05) is 0 Å². The monoisotopic (exact) mass is 174 g/mol. The third-order valence-corrected chi connectivity index (χ3v) is 1.74. The van der Waals surface area contributed by atoms with Crippen molar-refractivity contribution in [3.8, 4) is 0 Å². The minimum Gasteiger partial charge on any atom is -0.287 e. The van der Waals surface area contributed by atoms with Crippen LogP contribution in [-0.4, -0.2) is 20.7 Å². The Labute approximate surface area is 73.7 Å². The number of aliphatic imine (C=N–C) groups is 1. The second-order valence-corrected chi connectivity index (χ2v) is 2.56. The number of aryl methyl sites for hydroxylation is 1. The van der Waals surface area contributed by atoms with Gasteiger partial charge in [0.1, 0.15) is 5.82 Å². The highest BCUT2D eigenvalue weighted by molar-refractivity contribution is 5.55. The molecule has 5 heteroatoms. The Morgan fingerprint density at radius 1 is 1.54 bits per heavy atom. The van der Waals surface area contributed by atoms with Gasteiger partial charge in [0, 0.05) is 12.3 Å². The Bertz CT molecular complexity index is 496. The molecule has 2 heterocycles. The molecule has 0 aliphatic carbocycles. The minimum absolute atomic E-state index is 0.537. The SMILES string of the molecule is Cc1nnc2cc(N=C=O)ccn12. The molecule has 0 spiro atoms. The van der Waals surface area contributed by atoms with Crippen LogP contribution in [0.1, 0.15) is 5.82 Å². The van der Waals surface area contributed by atoms with E-state index >= 15 is 0 Å². The topological polar surface area (TPSA) is 59.6 Å².